The van der Waals surface area contributed by atoms with Gasteiger partial charge in [0.15, 0.2) is 0 Å². The Hall–Kier alpha value is -2.93. The number of piperidine rings is 1. The maximum Gasteiger partial charge on any atom is 0.248 e. The van der Waals surface area contributed by atoms with Crippen LogP contribution in [0.1, 0.15) is 30.2 Å². The molecule has 5 rings (SSSR count). The minimum Gasteiger partial charge on any atom is -0.420 e. The first-order chi connectivity index (χ1) is 14.2. The van der Waals surface area contributed by atoms with E-state index in [0.717, 1.165) is 41.4 Å². The van der Waals surface area contributed by atoms with Gasteiger partial charge < -0.3 is 13.9 Å². The first-order valence-electron chi connectivity index (χ1n) is 9.86. The van der Waals surface area contributed by atoms with Gasteiger partial charge in [0.25, 0.3) is 0 Å². The fourth-order valence-corrected chi connectivity index (χ4v) is 4.78. The fraction of sp³-hybridized carbons (Fsp3) is 0.318. The summed E-state index contributed by atoms with van der Waals surface area (Å²) in [5.41, 5.74) is 3.18. The predicted octanol–water partition coefficient (Wildman–Crippen LogP) is 4.24. The average molecular weight is 407 g/mol. The van der Waals surface area contributed by atoms with Crippen molar-refractivity contribution in [2.75, 3.05) is 13.1 Å². The molecule has 7 heteroatoms. The zero-order chi connectivity index (χ0) is 19.8. The molecule has 148 valence electrons. The smallest absolute Gasteiger partial charge is 0.248 e. The second-order valence-electron chi connectivity index (χ2n) is 7.60. The van der Waals surface area contributed by atoms with Gasteiger partial charge in [-0.15, -0.1) is 10.2 Å². The van der Waals surface area contributed by atoms with E-state index in [2.05, 4.69) is 33.1 Å². The molecule has 1 saturated heterocycles. The Bertz CT molecular complexity index is 1140. The number of nitrogens with zero attached hydrogens (tertiary/aromatic N) is 4. The van der Waals surface area contributed by atoms with Crippen molar-refractivity contribution in [3.8, 4) is 11.5 Å². The Morgan fingerprint density at radius 2 is 2.17 bits per heavy atom. The molecule has 6 nitrogen and oxygen atoms in total. The van der Waals surface area contributed by atoms with Crippen LogP contribution in [0.15, 0.2) is 51.7 Å². The predicted molar refractivity (Wildman–Crippen MR) is 113 cm³/mol. The van der Waals surface area contributed by atoms with Crippen LogP contribution in [0.25, 0.3) is 22.4 Å². The molecule has 0 spiro atoms. The lowest BCUT2D eigenvalue weighted by atomic mass is 9.97. The molecule has 0 aliphatic carbocycles. The molecule has 29 heavy (non-hydrogen) atoms. The van der Waals surface area contributed by atoms with E-state index >= 15 is 0 Å². The number of rotatable bonds is 4. The van der Waals surface area contributed by atoms with Crippen molar-refractivity contribution in [2.45, 2.75) is 25.2 Å². The van der Waals surface area contributed by atoms with Crippen LogP contribution >= 0.6 is 11.3 Å². The van der Waals surface area contributed by atoms with Gasteiger partial charge in [-0.05, 0) is 35.9 Å². The number of para-hydroxylation sites is 1. The zero-order valence-corrected chi connectivity index (χ0v) is 17.1. The number of benzene rings is 1. The summed E-state index contributed by atoms with van der Waals surface area (Å²) in [7, 11) is 2.02. The molecule has 0 N–H and O–H groups in total. The molecule has 1 atom stereocenters. The number of hydrogen-bond acceptors (Lipinski definition) is 5. The van der Waals surface area contributed by atoms with Crippen LogP contribution in [-0.4, -0.2) is 38.7 Å². The molecule has 1 fully saturated rings. The summed E-state index contributed by atoms with van der Waals surface area (Å²) in [6, 6.07) is 10.2. The van der Waals surface area contributed by atoms with Gasteiger partial charge in [-0.2, -0.15) is 11.3 Å². The summed E-state index contributed by atoms with van der Waals surface area (Å²) >= 11 is 1.60. The molecule has 3 aromatic heterocycles. The van der Waals surface area contributed by atoms with E-state index < -0.39 is 0 Å². The number of carbonyl (C=O) groups is 1. The van der Waals surface area contributed by atoms with Crippen LogP contribution in [0.5, 0.6) is 0 Å². The summed E-state index contributed by atoms with van der Waals surface area (Å²) in [6.45, 7) is 1.42. The molecule has 0 bridgehead atoms. The minimum absolute atomic E-state index is 0.0973. The van der Waals surface area contributed by atoms with Crippen molar-refractivity contribution >= 4 is 28.1 Å². The highest BCUT2D eigenvalue weighted by atomic mass is 32.1. The minimum atomic E-state index is 0.0973. The third kappa shape index (κ3) is 3.46. The van der Waals surface area contributed by atoms with E-state index in [-0.39, 0.29) is 11.8 Å². The largest absolute Gasteiger partial charge is 0.420 e. The monoisotopic (exact) mass is 406 g/mol. The van der Waals surface area contributed by atoms with E-state index in [4.69, 9.17) is 4.42 Å². The van der Waals surface area contributed by atoms with Crippen LogP contribution in [0.4, 0.5) is 0 Å². The number of likely N-dealkylation sites (tertiary alicyclic amines) is 1. The molecule has 1 aliphatic heterocycles. The van der Waals surface area contributed by atoms with Gasteiger partial charge in [-0.25, -0.2) is 0 Å². The van der Waals surface area contributed by atoms with E-state index in [1.54, 1.807) is 11.3 Å². The van der Waals surface area contributed by atoms with E-state index in [1.807, 2.05) is 40.9 Å². The van der Waals surface area contributed by atoms with Crippen molar-refractivity contribution in [3.05, 3.63) is 58.7 Å². The van der Waals surface area contributed by atoms with Gasteiger partial charge in [0.2, 0.25) is 17.7 Å². The van der Waals surface area contributed by atoms with Crippen molar-refractivity contribution in [2.24, 2.45) is 7.05 Å². The number of fused-ring (bicyclic) bond motifs is 1. The van der Waals surface area contributed by atoms with Gasteiger partial charge >= 0.3 is 0 Å². The number of aryl methyl sites for hydroxylation is 1. The van der Waals surface area contributed by atoms with Crippen molar-refractivity contribution < 1.29 is 9.21 Å². The third-order valence-electron chi connectivity index (χ3n) is 5.65. The lowest BCUT2D eigenvalue weighted by Gasteiger charge is -2.31. The highest BCUT2D eigenvalue weighted by Gasteiger charge is 2.29. The molecule has 1 amide bonds. The van der Waals surface area contributed by atoms with Gasteiger partial charge in [-0.3, -0.25) is 4.79 Å². The Kier molecular flexibility index (Phi) is 4.67. The molecule has 0 saturated carbocycles. The van der Waals surface area contributed by atoms with Gasteiger partial charge in [0.05, 0.1) is 12.3 Å². The summed E-state index contributed by atoms with van der Waals surface area (Å²) in [5, 5.41) is 13.6. The number of carbonyl (C=O) groups excluding carboxylic acids is 1. The molecular formula is C22H22N4O2S. The number of amides is 1. The standard InChI is InChI=1S/C22H22N4O2S/c1-25-12-17(18-6-2-3-7-19(18)25)11-20(27)26-9-4-5-15(13-26)21-23-24-22(28-21)16-8-10-29-14-16/h2-3,6-8,10,12,14-15H,4-5,9,11,13H2,1H3/t15-/m1/s1. The summed E-state index contributed by atoms with van der Waals surface area (Å²) in [4.78, 5) is 15.0. The highest BCUT2D eigenvalue weighted by molar-refractivity contribution is 7.08. The number of thiophene rings is 1. The normalized spacial score (nSPS) is 17.1. The first kappa shape index (κ1) is 18.1. The molecule has 4 aromatic rings. The molecule has 0 radical (unpaired) electrons. The molecular weight excluding hydrogens is 384 g/mol. The third-order valence-corrected chi connectivity index (χ3v) is 6.34. The maximum absolute atomic E-state index is 13.0. The zero-order valence-electron chi connectivity index (χ0n) is 16.2. The number of hydrogen-bond donors (Lipinski definition) is 0. The lowest BCUT2D eigenvalue weighted by Crippen LogP contribution is -2.40. The van der Waals surface area contributed by atoms with Crippen LogP contribution in [-0.2, 0) is 18.3 Å². The average Bonchev–Trinajstić information content (AvgIpc) is 3.49. The Morgan fingerprint density at radius 3 is 3.03 bits per heavy atom. The van der Waals surface area contributed by atoms with Crippen molar-refractivity contribution in [1.29, 1.82) is 0 Å². The van der Waals surface area contributed by atoms with Crippen LogP contribution in [0.3, 0.4) is 0 Å². The second-order valence-corrected chi connectivity index (χ2v) is 8.38. The van der Waals surface area contributed by atoms with E-state index in [0.29, 0.717) is 24.7 Å². The van der Waals surface area contributed by atoms with Crippen LogP contribution < -0.4 is 0 Å². The maximum atomic E-state index is 13.0. The van der Waals surface area contributed by atoms with Crippen LogP contribution in [0, 0.1) is 0 Å². The summed E-state index contributed by atoms with van der Waals surface area (Å²) in [6.07, 6.45) is 4.39. The highest BCUT2D eigenvalue weighted by Crippen LogP contribution is 2.30. The number of aromatic nitrogens is 3. The fourth-order valence-electron chi connectivity index (χ4n) is 4.15. The van der Waals surface area contributed by atoms with Crippen LogP contribution in [0.2, 0.25) is 0 Å². The molecule has 4 heterocycles. The Labute approximate surface area is 172 Å². The Balaban J connectivity index is 1.31. The van der Waals surface area contributed by atoms with Crippen molar-refractivity contribution in [3.63, 3.8) is 0 Å². The SMILES string of the molecule is Cn1cc(CC(=O)N2CCC[C@@H](c3nnc(-c4ccsc4)o3)C2)c2ccccc21. The topological polar surface area (TPSA) is 64.2 Å². The molecule has 1 aromatic carbocycles. The van der Waals surface area contributed by atoms with Gasteiger partial charge in [0, 0.05) is 48.2 Å². The van der Waals surface area contributed by atoms with Crippen molar-refractivity contribution in [1.82, 2.24) is 19.7 Å². The Morgan fingerprint density at radius 1 is 1.28 bits per heavy atom. The summed E-state index contributed by atoms with van der Waals surface area (Å²) in [5.74, 6) is 1.44. The van der Waals surface area contributed by atoms with E-state index in [9.17, 15) is 4.79 Å². The second kappa shape index (κ2) is 7.48. The molecule has 1 aliphatic rings. The van der Waals surface area contributed by atoms with Gasteiger partial charge in [0.1, 0.15) is 0 Å². The summed E-state index contributed by atoms with van der Waals surface area (Å²) < 4.78 is 8.00. The first-order valence-corrected chi connectivity index (χ1v) is 10.8. The van der Waals surface area contributed by atoms with Gasteiger partial charge in [-0.1, -0.05) is 18.2 Å². The molecule has 0 unspecified atom stereocenters. The van der Waals surface area contributed by atoms with E-state index in [1.165, 1.54) is 0 Å². The lowest BCUT2D eigenvalue weighted by molar-refractivity contribution is -0.131. The quantitative estimate of drug-likeness (QED) is 0.509.